The number of benzene rings is 3. The Morgan fingerprint density at radius 2 is 1.81 bits per heavy atom. The highest BCUT2D eigenvalue weighted by Gasteiger charge is 2.36. The molecule has 0 saturated carbocycles. The SMILES string of the molecule is CCOc1ccc(-c2noc(C3=C(C)N(c4cccc(F)c4)C(=O)NC3c3ccc(C)c(C)c3)n2)cc1. The molecule has 3 aromatic carbocycles. The van der Waals surface area contributed by atoms with Gasteiger partial charge in [0.15, 0.2) is 0 Å². The minimum atomic E-state index is -0.537. The fourth-order valence-electron chi connectivity index (χ4n) is 4.46. The molecule has 2 amide bonds. The maximum absolute atomic E-state index is 14.1. The Balaban J connectivity index is 1.62. The van der Waals surface area contributed by atoms with Crippen molar-refractivity contribution in [2.24, 2.45) is 0 Å². The lowest BCUT2D eigenvalue weighted by atomic mass is 9.92. The highest BCUT2D eigenvalue weighted by Crippen LogP contribution is 2.39. The maximum atomic E-state index is 14.1. The Hall–Kier alpha value is -4.46. The Kier molecular flexibility index (Phi) is 6.48. The molecule has 1 aliphatic heterocycles. The molecule has 0 aliphatic carbocycles. The standard InChI is InChI=1S/C29H27FN4O3/c1-5-36-24-13-11-20(12-14-24)27-32-28(37-33-27)25-19(4)34(23-8-6-7-22(30)16-23)29(35)31-26(25)21-10-9-17(2)18(3)15-21/h6-16,26H,5H2,1-4H3,(H,31,35). The van der Waals surface area contributed by atoms with E-state index in [0.29, 0.717) is 29.4 Å². The average Bonchev–Trinajstić information content (AvgIpc) is 3.36. The van der Waals surface area contributed by atoms with Crippen molar-refractivity contribution >= 4 is 17.3 Å². The van der Waals surface area contributed by atoms with Gasteiger partial charge in [-0.1, -0.05) is 29.4 Å². The van der Waals surface area contributed by atoms with Crippen LogP contribution in [-0.4, -0.2) is 22.8 Å². The predicted octanol–water partition coefficient (Wildman–Crippen LogP) is 6.59. The lowest BCUT2D eigenvalue weighted by molar-refractivity contribution is 0.244. The summed E-state index contributed by atoms with van der Waals surface area (Å²) in [4.78, 5) is 19.4. The number of allylic oxidation sites excluding steroid dienone is 1. The molecule has 0 fully saturated rings. The summed E-state index contributed by atoms with van der Waals surface area (Å²) in [6.45, 7) is 8.36. The Labute approximate surface area is 214 Å². The minimum absolute atomic E-state index is 0.269. The van der Waals surface area contributed by atoms with Gasteiger partial charge < -0.3 is 14.6 Å². The van der Waals surface area contributed by atoms with E-state index in [9.17, 15) is 9.18 Å². The van der Waals surface area contributed by atoms with Crippen molar-refractivity contribution in [2.45, 2.75) is 33.7 Å². The number of amides is 2. The maximum Gasteiger partial charge on any atom is 0.327 e. The minimum Gasteiger partial charge on any atom is -0.494 e. The molecular formula is C29H27FN4O3. The fourth-order valence-corrected chi connectivity index (χ4v) is 4.46. The molecule has 2 heterocycles. The summed E-state index contributed by atoms with van der Waals surface area (Å²) in [5.41, 5.74) is 5.49. The van der Waals surface area contributed by atoms with Crippen LogP contribution < -0.4 is 15.0 Å². The molecule has 0 saturated heterocycles. The number of nitrogens with one attached hydrogen (secondary N) is 1. The van der Waals surface area contributed by atoms with E-state index in [4.69, 9.17) is 9.26 Å². The van der Waals surface area contributed by atoms with Crippen molar-refractivity contribution in [3.05, 3.63) is 101 Å². The van der Waals surface area contributed by atoms with Crippen LogP contribution in [0.4, 0.5) is 14.9 Å². The first-order valence-corrected chi connectivity index (χ1v) is 12.1. The van der Waals surface area contributed by atoms with Crippen LogP contribution in [-0.2, 0) is 0 Å². The summed E-state index contributed by atoms with van der Waals surface area (Å²) >= 11 is 0. The van der Waals surface area contributed by atoms with Gasteiger partial charge in [-0.25, -0.2) is 9.18 Å². The van der Waals surface area contributed by atoms with Gasteiger partial charge in [-0.15, -0.1) is 0 Å². The van der Waals surface area contributed by atoms with Crippen LogP contribution in [0, 0.1) is 19.7 Å². The molecule has 1 N–H and O–H groups in total. The number of aryl methyl sites for hydroxylation is 2. The second kappa shape index (κ2) is 9.89. The van der Waals surface area contributed by atoms with E-state index in [1.807, 2.05) is 63.2 Å². The molecule has 188 valence electrons. The molecular weight excluding hydrogens is 471 g/mol. The second-order valence-electron chi connectivity index (χ2n) is 8.92. The number of urea groups is 1. The number of aromatic nitrogens is 2. The van der Waals surface area contributed by atoms with Crippen molar-refractivity contribution < 1.29 is 18.4 Å². The van der Waals surface area contributed by atoms with Gasteiger partial charge >= 0.3 is 6.03 Å². The van der Waals surface area contributed by atoms with Crippen LogP contribution in [0.3, 0.4) is 0 Å². The molecule has 5 rings (SSSR count). The van der Waals surface area contributed by atoms with Gasteiger partial charge in [0.1, 0.15) is 11.6 Å². The third-order valence-electron chi connectivity index (χ3n) is 6.50. The van der Waals surface area contributed by atoms with Gasteiger partial charge in [-0.3, -0.25) is 4.90 Å². The van der Waals surface area contributed by atoms with E-state index in [-0.39, 0.29) is 11.9 Å². The highest BCUT2D eigenvalue weighted by atomic mass is 19.1. The smallest absolute Gasteiger partial charge is 0.327 e. The van der Waals surface area contributed by atoms with Crippen LogP contribution >= 0.6 is 0 Å². The number of hydrogen-bond donors (Lipinski definition) is 1. The molecule has 4 aromatic rings. The van der Waals surface area contributed by atoms with Crippen molar-refractivity contribution in [1.29, 1.82) is 0 Å². The first-order valence-electron chi connectivity index (χ1n) is 12.1. The van der Waals surface area contributed by atoms with Crippen LogP contribution in [0.1, 0.15) is 42.5 Å². The number of carbonyl (C=O) groups excluding carboxylic acids is 1. The third kappa shape index (κ3) is 4.70. The monoisotopic (exact) mass is 498 g/mol. The molecule has 37 heavy (non-hydrogen) atoms. The number of ether oxygens (including phenoxy) is 1. The first kappa shape index (κ1) is 24.2. The largest absolute Gasteiger partial charge is 0.494 e. The van der Waals surface area contributed by atoms with E-state index in [1.165, 1.54) is 17.0 Å². The number of rotatable bonds is 6. The normalized spacial score (nSPS) is 15.6. The van der Waals surface area contributed by atoms with Gasteiger partial charge in [-0.05, 0) is 86.8 Å². The van der Waals surface area contributed by atoms with E-state index < -0.39 is 11.9 Å². The molecule has 8 heteroatoms. The summed E-state index contributed by atoms with van der Waals surface area (Å²) in [6.07, 6.45) is 0. The average molecular weight is 499 g/mol. The molecule has 1 aromatic heterocycles. The van der Waals surface area contributed by atoms with E-state index >= 15 is 0 Å². The Morgan fingerprint density at radius 1 is 1.03 bits per heavy atom. The molecule has 0 spiro atoms. The van der Waals surface area contributed by atoms with Crippen molar-refractivity contribution in [3.63, 3.8) is 0 Å². The van der Waals surface area contributed by atoms with Crippen molar-refractivity contribution in [2.75, 3.05) is 11.5 Å². The highest BCUT2D eigenvalue weighted by molar-refractivity contribution is 6.01. The van der Waals surface area contributed by atoms with Gasteiger partial charge in [0.25, 0.3) is 5.89 Å². The predicted molar refractivity (Wildman–Crippen MR) is 140 cm³/mol. The zero-order valence-electron chi connectivity index (χ0n) is 21.1. The topological polar surface area (TPSA) is 80.5 Å². The van der Waals surface area contributed by atoms with Gasteiger partial charge in [-0.2, -0.15) is 4.98 Å². The molecule has 1 aliphatic rings. The molecule has 0 radical (unpaired) electrons. The van der Waals surface area contributed by atoms with E-state index in [0.717, 1.165) is 28.0 Å². The van der Waals surface area contributed by atoms with Gasteiger partial charge in [0.2, 0.25) is 5.82 Å². The molecule has 0 bridgehead atoms. The lowest BCUT2D eigenvalue weighted by Gasteiger charge is -2.35. The van der Waals surface area contributed by atoms with Crippen LogP contribution in [0.15, 0.2) is 77.0 Å². The second-order valence-corrected chi connectivity index (χ2v) is 8.92. The summed E-state index contributed by atoms with van der Waals surface area (Å²) < 4.78 is 25.3. The molecule has 7 nitrogen and oxygen atoms in total. The Bertz CT molecular complexity index is 1490. The van der Waals surface area contributed by atoms with Crippen molar-refractivity contribution in [3.8, 4) is 17.1 Å². The lowest BCUT2D eigenvalue weighted by Crippen LogP contribution is -2.46. The fraction of sp³-hybridized carbons (Fsp3) is 0.207. The van der Waals surface area contributed by atoms with Crippen LogP contribution in [0.2, 0.25) is 0 Å². The number of halogens is 1. The molecule has 1 unspecified atom stereocenters. The van der Waals surface area contributed by atoms with Gasteiger partial charge in [0.05, 0.1) is 23.9 Å². The Morgan fingerprint density at radius 3 is 2.51 bits per heavy atom. The third-order valence-corrected chi connectivity index (χ3v) is 6.50. The number of carbonyl (C=O) groups is 1. The van der Waals surface area contributed by atoms with Crippen LogP contribution in [0.5, 0.6) is 5.75 Å². The zero-order chi connectivity index (χ0) is 26.1. The quantitative estimate of drug-likeness (QED) is 0.324. The summed E-state index contributed by atoms with van der Waals surface area (Å²) in [5.74, 6) is 0.993. The summed E-state index contributed by atoms with van der Waals surface area (Å²) in [6, 6.07) is 18.4. The van der Waals surface area contributed by atoms with Crippen LogP contribution in [0.25, 0.3) is 17.0 Å². The molecule has 1 atom stereocenters. The van der Waals surface area contributed by atoms with Crippen molar-refractivity contribution in [1.82, 2.24) is 15.5 Å². The zero-order valence-corrected chi connectivity index (χ0v) is 21.1. The summed E-state index contributed by atoms with van der Waals surface area (Å²) in [7, 11) is 0. The van der Waals surface area contributed by atoms with Gasteiger partial charge in [0, 0.05) is 11.3 Å². The van der Waals surface area contributed by atoms with E-state index in [2.05, 4.69) is 15.5 Å². The summed E-state index contributed by atoms with van der Waals surface area (Å²) in [5, 5.41) is 7.27. The number of hydrogen-bond acceptors (Lipinski definition) is 5. The number of anilines is 1. The first-order chi connectivity index (χ1) is 17.9. The van der Waals surface area contributed by atoms with E-state index in [1.54, 1.807) is 19.1 Å². The number of nitrogens with zero attached hydrogens (tertiary/aromatic N) is 3.